The molecule has 0 radical (unpaired) electrons. The zero-order valence-corrected chi connectivity index (χ0v) is 13.3. The average molecular weight is 275 g/mol. The van der Waals surface area contributed by atoms with Crippen LogP contribution in [-0.2, 0) is 4.74 Å². The van der Waals surface area contributed by atoms with E-state index in [0.29, 0.717) is 0 Å². The molecule has 0 aromatic carbocycles. The van der Waals surface area contributed by atoms with Crippen LogP contribution in [0.2, 0.25) is 0 Å². The van der Waals surface area contributed by atoms with Crippen molar-refractivity contribution in [2.45, 2.75) is 27.2 Å². The number of nitrogens with one attached hydrogen (secondary N) is 2. The van der Waals surface area contributed by atoms with Gasteiger partial charge in [-0.05, 0) is 45.1 Å². The number of rotatable bonds is 9. The monoisotopic (exact) mass is 275 g/mol. The van der Waals surface area contributed by atoms with Crippen LogP contribution in [-0.4, -0.2) is 57.0 Å². The largest absolute Gasteiger partial charge is 0.382 e. The predicted molar refractivity (Wildman–Crippen MR) is 82.0 cm³/mol. The summed E-state index contributed by atoms with van der Waals surface area (Å²) in [7, 11) is 4.18. The fourth-order valence-corrected chi connectivity index (χ4v) is 1.99. The lowest BCUT2D eigenvalue weighted by Gasteiger charge is -2.29. The van der Waals surface area contributed by atoms with Crippen LogP contribution in [0.25, 0.3) is 0 Å². The summed E-state index contributed by atoms with van der Waals surface area (Å²) in [5, 5.41) is 7.20. The molecule has 4 nitrogen and oxygen atoms in total. The minimum atomic E-state index is 0.209. The quantitative estimate of drug-likeness (QED) is 0.492. The van der Waals surface area contributed by atoms with Crippen molar-refractivity contribution >= 4 is 17.3 Å². The van der Waals surface area contributed by atoms with Gasteiger partial charge in [0.25, 0.3) is 0 Å². The lowest BCUT2D eigenvalue weighted by Crippen LogP contribution is -2.44. The molecule has 0 spiro atoms. The molecule has 0 atom stereocenters. The maximum atomic E-state index is 5.26. The highest BCUT2D eigenvalue weighted by molar-refractivity contribution is 7.80. The summed E-state index contributed by atoms with van der Waals surface area (Å²) in [5.41, 5.74) is 0.209. The van der Waals surface area contributed by atoms with Crippen LogP contribution in [0.3, 0.4) is 0 Å². The Hall–Kier alpha value is -0.390. The number of hydrogen-bond acceptors (Lipinski definition) is 3. The second-order valence-corrected chi connectivity index (χ2v) is 5.97. The van der Waals surface area contributed by atoms with Gasteiger partial charge in [0.1, 0.15) is 0 Å². The molecule has 0 aliphatic heterocycles. The highest BCUT2D eigenvalue weighted by Crippen LogP contribution is 2.13. The van der Waals surface area contributed by atoms with Gasteiger partial charge in [-0.25, -0.2) is 0 Å². The molecular formula is C13H29N3OS. The van der Waals surface area contributed by atoms with Crippen molar-refractivity contribution in [3.05, 3.63) is 0 Å². The van der Waals surface area contributed by atoms with Crippen LogP contribution < -0.4 is 10.6 Å². The van der Waals surface area contributed by atoms with E-state index in [0.717, 1.165) is 44.4 Å². The molecule has 0 fully saturated rings. The smallest absolute Gasteiger partial charge is 0.166 e. The molecule has 0 rings (SSSR count). The molecule has 0 saturated carbocycles. The first-order chi connectivity index (χ1) is 8.37. The van der Waals surface area contributed by atoms with Gasteiger partial charge >= 0.3 is 0 Å². The van der Waals surface area contributed by atoms with E-state index in [2.05, 4.69) is 43.5 Å². The molecule has 108 valence electrons. The van der Waals surface area contributed by atoms with Crippen molar-refractivity contribution in [3.8, 4) is 0 Å². The summed E-state index contributed by atoms with van der Waals surface area (Å²) in [6, 6.07) is 0. The van der Waals surface area contributed by atoms with Crippen LogP contribution in [0.15, 0.2) is 0 Å². The maximum absolute atomic E-state index is 5.26. The number of hydrogen-bond donors (Lipinski definition) is 2. The molecule has 0 amide bonds. The zero-order chi connectivity index (χ0) is 14.0. The van der Waals surface area contributed by atoms with Crippen LogP contribution in [0.1, 0.15) is 27.2 Å². The minimum Gasteiger partial charge on any atom is -0.382 e. The number of thiocarbonyl (C=S) groups is 1. The van der Waals surface area contributed by atoms with E-state index < -0.39 is 0 Å². The predicted octanol–water partition coefficient (Wildman–Crippen LogP) is 1.46. The van der Waals surface area contributed by atoms with Crippen LogP contribution in [0.5, 0.6) is 0 Å². The molecule has 0 heterocycles. The summed E-state index contributed by atoms with van der Waals surface area (Å²) in [5.74, 6) is 0. The SMILES string of the molecule is CCOCCCNC(=S)NCC(C)(C)CN(C)C. The second kappa shape index (κ2) is 9.53. The molecule has 2 N–H and O–H groups in total. The Kier molecular flexibility index (Phi) is 9.32. The minimum absolute atomic E-state index is 0.209. The van der Waals surface area contributed by atoms with Crippen molar-refractivity contribution in [3.63, 3.8) is 0 Å². The Morgan fingerprint density at radius 1 is 1.28 bits per heavy atom. The first kappa shape index (κ1) is 17.6. The normalized spacial score (nSPS) is 11.7. The third kappa shape index (κ3) is 10.7. The number of ether oxygens (including phenoxy) is 1. The fourth-order valence-electron chi connectivity index (χ4n) is 1.81. The Bertz CT molecular complexity index is 232. The average Bonchev–Trinajstić information content (AvgIpc) is 2.24. The van der Waals surface area contributed by atoms with Gasteiger partial charge in [-0.3, -0.25) is 0 Å². The molecule has 0 aliphatic rings. The van der Waals surface area contributed by atoms with Crippen LogP contribution in [0.4, 0.5) is 0 Å². The first-order valence-electron chi connectivity index (χ1n) is 6.61. The van der Waals surface area contributed by atoms with Gasteiger partial charge in [0, 0.05) is 32.8 Å². The molecule has 0 saturated heterocycles. The van der Waals surface area contributed by atoms with Crippen molar-refractivity contribution < 1.29 is 4.74 Å². The van der Waals surface area contributed by atoms with Crippen molar-refractivity contribution in [1.29, 1.82) is 0 Å². The maximum Gasteiger partial charge on any atom is 0.166 e. The third-order valence-electron chi connectivity index (χ3n) is 2.43. The lowest BCUT2D eigenvalue weighted by molar-refractivity contribution is 0.145. The van der Waals surface area contributed by atoms with E-state index in [1.165, 1.54) is 0 Å². The van der Waals surface area contributed by atoms with Gasteiger partial charge in [0.2, 0.25) is 0 Å². The van der Waals surface area contributed by atoms with Gasteiger partial charge < -0.3 is 20.3 Å². The summed E-state index contributed by atoms with van der Waals surface area (Å²) >= 11 is 5.24. The van der Waals surface area contributed by atoms with Gasteiger partial charge in [-0.2, -0.15) is 0 Å². The van der Waals surface area contributed by atoms with E-state index in [4.69, 9.17) is 17.0 Å². The van der Waals surface area contributed by atoms with E-state index in [9.17, 15) is 0 Å². The summed E-state index contributed by atoms with van der Waals surface area (Å²) in [4.78, 5) is 2.19. The van der Waals surface area contributed by atoms with E-state index >= 15 is 0 Å². The summed E-state index contributed by atoms with van der Waals surface area (Å²) in [6.45, 7) is 10.8. The molecule has 0 unspecified atom stereocenters. The highest BCUT2D eigenvalue weighted by Gasteiger charge is 2.18. The molecule has 5 heteroatoms. The Morgan fingerprint density at radius 3 is 2.50 bits per heavy atom. The molecule has 0 bridgehead atoms. The van der Waals surface area contributed by atoms with Gasteiger partial charge in [-0.15, -0.1) is 0 Å². The molecule has 0 aliphatic carbocycles. The highest BCUT2D eigenvalue weighted by atomic mass is 32.1. The van der Waals surface area contributed by atoms with E-state index in [1.807, 2.05) is 6.92 Å². The summed E-state index contributed by atoms with van der Waals surface area (Å²) < 4.78 is 5.26. The molecular weight excluding hydrogens is 246 g/mol. The molecule has 0 aromatic heterocycles. The van der Waals surface area contributed by atoms with Crippen molar-refractivity contribution in [2.75, 3.05) is 46.9 Å². The van der Waals surface area contributed by atoms with Gasteiger partial charge in [-0.1, -0.05) is 13.8 Å². The standard InChI is InChI=1S/C13H29N3OS/c1-6-17-9-7-8-14-12(18)15-10-13(2,3)11-16(4)5/h6-11H2,1-5H3,(H2,14,15,18). The van der Waals surface area contributed by atoms with Crippen molar-refractivity contribution in [1.82, 2.24) is 15.5 Å². The zero-order valence-electron chi connectivity index (χ0n) is 12.5. The van der Waals surface area contributed by atoms with Crippen LogP contribution >= 0.6 is 12.2 Å². The number of nitrogens with zero attached hydrogens (tertiary/aromatic N) is 1. The van der Waals surface area contributed by atoms with Crippen LogP contribution in [0, 0.1) is 5.41 Å². The van der Waals surface area contributed by atoms with Gasteiger partial charge in [0.05, 0.1) is 0 Å². The van der Waals surface area contributed by atoms with E-state index in [-0.39, 0.29) is 5.41 Å². The summed E-state index contributed by atoms with van der Waals surface area (Å²) in [6.07, 6.45) is 0.983. The lowest BCUT2D eigenvalue weighted by atomic mass is 9.93. The topological polar surface area (TPSA) is 36.5 Å². The van der Waals surface area contributed by atoms with E-state index in [1.54, 1.807) is 0 Å². The second-order valence-electron chi connectivity index (χ2n) is 5.56. The van der Waals surface area contributed by atoms with Gasteiger partial charge in [0.15, 0.2) is 5.11 Å². The third-order valence-corrected chi connectivity index (χ3v) is 2.72. The molecule has 18 heavy (non-hydrogen) atoms. The Morgan fingerprint density at radius 2 is 1.94 bits per heavy atom. The first-order valence-corrected chi connectivity index (χ1v) is 7.02. The molecule has 0 aromatic rings. The Balaban J connectivity index is 3.63. The fraction of sp³-hybridized carbons (Fsp3) is 0.923. The van der Waals surface area contributed by atoms with Crippen molar-refractivity contribution in [2.24, 2.45) is 5.41 Å². The Labute approximate surface area is 117 Å².